The van der Waals surface area contributed by atoms with Crippen LogP contribution in [0.3, 0.4) is 0 Å². The van der Waals surface area contributed by atoms with Gasteiger partial charge in [0.15, 0.2) is 5.16 Å². The van der Waals surface area contributed by atoms with E-state index in [9.17, 15) is 9.59 Å². The number of thioether (sulfide) groups is 1. The molecule has 0 radical (unpaired) electrons. The summed E-state index contributed by atoms with van der Waals surface area (Å²) >= 11 is 2.83. The number of aliphatic carboxylic acids is 1. The van der Waals surface area contributed by atoms with E-state index in [0.717, 1.165) is 11.1 Å². The van der Waals surface area contributed by atoms with E-state index in [2.05, 4.69) is 35.9 Å². The largest absolute Gasteiger partial charge is 0.481 e. The average Bonchev–Trinajstić information content (AvgIpc) is 3.03. The van der Waals surface area contributed by atoms with Gasteiger partial charge < -0.3 is 10.1 Å². The summed E-state index contributed by atoms with van der Waals surface area (Å²) in [7, 11) is 0. The number of hydrogen-bond acceptors (Lipinski definition) is 5. The highest BCUT2D eigenvalue weighted by Gasteiger charge is 2.13. The standard InChI is InChI=1S/C19H20N2O3S2/c1-11(2)12-5-7-13(8-6-12)14-10-26-18-16(14)17(24)20-19(21-18)25-9-3-4-15(22)23/h5-8,10-11H,3-4,9H2,1-2H3,(H,22,23)(H,20,21,24). The number of nitrogens with zero attached hydrogens (tertiary/aromatic N) is 1. The maximum absolute atomic E-state index is 12.6. The number of aromatic nitrogens is 2. The summed E-state index contributed by atoms with van der Waals surface area (Å²) in [6.07, 6.45) is 0.661. The number of carboxylic acid groups (broad SMARTS) is 1. The number of thiophene rings is 1. The number of carbonyl (C=O) groups is 1. The number of rotatable bonds is 7. The second-order valence-electron chi connectivity index (χ2n) is 6.32. The Labute approximate surface area is 159 Å². The van der Waals surface area contributed by atoms with Crippen molar-refractivity contribution in [3.05, 3.63) is 45.6 Å². The quantitative estimate of drug-likeness (QED) is 0.347. The molecule has 0 bridgehead atoms. The van der Waals surface area contributed by atoms with Gasteiger partial charge in [0.1, 0.15) is 4.83 Å². The van der Waals surface area contributed by atoms with Crippen molar-refractivity contribution in [1.82, 2.24) is 9.97 Å². The molecule has 3 aromatic rings. The lowest BCUT2D eigenvalue weighted by molar-refractivity contribution is -0.137. The Bertz CT molecular complexity index is 975. The third-order valence-corrected chi connectivity index (χ3v) is 5.92. The Morgan fingerprint density at radius 1 is 1.31 bits per heavy atom. The SMILES string of the molecule is CC(C)c1ccc(-c2csc3nc(SCCCC(=O)O)[nH]c(=O)c23)cc1. The molecule has 0 aliphatic rings. The van der Waals surface area contributed by atoms with Gasteiger partial charge in [0.05, 0.1) is 5.39 Å². The molecule has 136 valence electrons. The summed E-state index contributed by atoms with van der Waals surface area (Å²) in [6, 6.07) is 8.28. The van der Waals surface area contributed by atoms with Crippen LogP contribution >= 0.6 is 23.1 Å². The van der Waals surface area contributed by atoms with Gasteiger partial charge in [0.25, 0.3) is 5.56 Å². The van der Waals surface area contributed by atoms with E-state index in [4.69, 9.17) is 5.11 Å². The summed E-state index contributed by atoms with van der Waals surface area (Å²) in [5.74, 6) is 0.262. The van der Waals surface area contributed by atoms with E-state index in [0.29, 0.717) is 33.5 Å². The van der Waals surface area contributed by atoms with Gasteiger partial charge in [-0.1, -0.05) is 49.9 Å². The van der Waals surface area contributed by atoms with Gasteiger partial charge >= 0.3 is 5.97 Å². The van der Waals surface area contributed by atoms with Crippen LogP contribution in [0.25, 0.3) is 21.3 Å². The van der Waals surface area contributed by atoms with Gasteiger partial charge in [-0.3, -0.25) is 9.59 Å². The first kappa shape index (κ1) is 18.7. The first-order valence-corrected chi connectivity index (χ1v) is 10.3. The Kier molecular flexibility index (Phi) is 5.78. The molecule has 5 nitrogen and oxygen atoms in total. The van der Waals surface area contributed by atoms with Gasteiger partial charge in [-0.15, -0.1) is 11.3 Å². The van der Waals surface area contributed by atoms with E-state index in [1.54, 1.807) is 0 Å². The fourth-order valence-corrected chi connectivity index (χ4v) is 4.46. The molecule has 7 heteroatoms. The van der Waals surface area contributed by atoms with E-state index in [1.807, 2.05) is 17.5 Å². The zero-order valence-corrected chi connectivity index (χ0v) is 16.2. The molecule has 2 N–H and O–H groups in total. The third-order valence-electron chi connectivity index (χ3n) is 4.08. The number of aromatic amines is 1. The molecular formula is C19H20N2O3S2. The predicted octanol–water partition coefficient (Wildman–Crippen LogP) is 4.73. The molecular weight excluding hydrogens is 368 g/mol. The van der Waals surface area contributed by atoms with Gasteiger partial charge in [-0.05, 0) is 23.5 Å². The molecule has 2 aromatic heterocycles. The lowest BCUT2D eigenvalue weighted by Gasteiger charge is -2.06. The number of fused-ring (bicyclic) bond motifs is 1. The second kappa shape index (κ2) is 8.05. The van der Waals surface area contributed by atoms with Gasteiger partial charge in [-0.25, -0.2) is 4.98 Å². The van der Waals surface area contributed by atoms with Gasteiger partial charge in [0.2, 0.25) is 0 Å². The number of carboxylic acids is 1. The average molecular weight is 389 g/mol. The van der Waals surface area contributed by atoms with E-state index in [-0.39, 0.29) is 12.0 Å². The highest BCUT2D eigenvalue weighted by Crippen LogP contribution is 2.32. The predicted molar refractivity (Wildman–Crippen MR) is 107 cm³/mol. The molecule has 0 aliphatic carbocycles. The highest BCUT2D eigenvalue weighted by molar-refractivity contribution is 7.99. The van der Waals surface area contributed by atoms with Crippen LogP contribution in [0.15, 0.2) is 39.6 Å². The molecule has 0 amide bonds. The van der Waals surface area contributed by atoms with E-state index in [1.165, 1.54) is 28.7 Å². The van der Waals surface area contributed by atoms with E-state index < -0.39 is 5.97 Å². The lowest BCUT2D eigenvalue weighted by Crippen LogP contribution is -2.08. The van der Waals surface area contributed by atoms with Crippen molar-refractivity contribution in [1.29, 1.82) is 0 Å². The molecule has 0 aliphatic heterocycles. The maximum atomic E-state index is 12.6. The lowest BCUT2D eigenvalue weighted by atomic mass is 9.99. The van der Waals surface area contributed by atoms with Crippen LogP contribution in [0.1, 0.15) is 38.2 Å². The Balaban J connectivity index is 1.85. The number of benzene rings is 1. The van der Waals surface area contributed by atoms with Crippen LogP contribution in [0, 0.1) is 0 Å². The molecule has 26 heavy (non-hydrogen) atoms. The number of hydrogen-bond donors (Lipinski definition) is 2. The first-order valence-electron chi connectivity index (χ1n) is 8.42. The van der Waals surface area contributed by atoms with Gasteiger partial charge in [0, 0.05) is 23.1 Å². The van der Waals surface area contributed by atoms with Crippen molar-refractivity contribution in [2.75, 3.05) is 5.75 Å². The molecule has 0 atom stereocenters. The van der Waals surface area contributed by atoms with Crippen LogP contribution in [0.4, 0.5) is 0 Å². The molecule has 0 saturated carbocycles. The summed E-state index contributed by atoms with van der Waals surface area (Å²) in [5, 5.41) is 11.8. The molecule has 3 rings (SSSR count). The normalized spacial score (nSPS) is 11.3. The van der Waals surface area contributed by atoms with Crippen LogP contribution < -0.4 is 5.56 Å². The summed E-state index contributed by atoms with van der Waals surface area (Å²) in [6.45, 7) is 4.30. The topological polar surface area (TPSA) is 83.0 Å². The molecule has 0 saturated heterocycles. The monoisotopic (exact) mass is 388 g/mol. The molecule has 2 heterocycles. The van der Waals surface area contributed by atoms with Gasteiger partial charge in [-0.2, -0.15) is 0 Å². The van der Waals surface area contributed by atoms with Crippen LogP contribution in [-0.2, 0) is 4.79 Å². The van der Waals surface area contributed by atoms with Crippen molar-refractivity contribution in [2.24, 2.45) is 0 Å². The highest BCUT2D eigenvalue weighted by atomic mass is 32.2. The van der Waals surface area contributed by atoms with Crippen molar-refractivity contribution >= 4 is 39.3 Å². The minimum atomic E-state index is -0.811. The molecule has 0 unspecified atom stereocenters. The summed E-state index contributed by atoms with van der Waals surface area (Å²) in [4.78, 5) is 31.2. The molecule has 0 spiro atoms. The van der Waals surface area contributed by atoms with E-state index >= 15 is 0 Å². The van der Waals surface area contributed by atoms with Crippen LogP contribution in [0.2, 0.25) is 0 Å². The van der Waals surface area contributed by atoms with Crippen molar-refractivity contribution < 1.29 is 9.90 Å². The minimum absolute atomic E-state index is 0.120. The van der Waals surface area contributed by atoms with Crippen LogP contribution in [0.5, 0.6) is 0 Å². The second-order valence-corrected chi connectivity index (χ2v) is 8.26. The Morgan fingerprint density at radius 2 is 2.04 bits per heavy atom. The van der Waals surface area contributed by atoms with Crippen molar-refractivity contribution in [2.45, 2.75) is 37.8 Å². The van der Waals surface area contributed by atoms with Crippen molar-refractivity contribution in [3.8, 4) is 11.1 Å². The zero-order valence-electron chi connectivity index (χ0n) is 14.6. The van der Waals surface area contributed by atoms with Crippen molar-refractivity contribution in [3.63, 3.8) is 0 Å². The smallest absolute Gasteiger partial charge is 0.303 e. The molecule has 0 fully saturated rings. The molecule has 1 aromatic carbocycles. The Hall–Kier alpha value is -2.12. The maximum Gasteiger partial charge on any atom is 0.303 e. The number of H-pyrrole nitrogens is 1. The first-order chi connectivity index (χ1) is 12.5. The fourth-order valence-electron chi connectivity index (χ4n) is 2.65. The Morgan fingerprint density at radius 3 is 2.69 bits per heavy atom. The van der Waals surface area contributed by atoms with Crippen LogP contribution in [-0.4, -0.2) is 26.8 Å². The third kappa shape index (κ3) is 4.16. The summed E-state index contributed by atoms with van der Waals surface area (Å²) in [5.41, 5.74) is 3.02. The fraction of sp³-hybridized carbons (Fsp3) is 0.316. The minimum Gasteiger partial charge on any atom is -0.481 e. The zero-order chi connectivity index (χ0) is 18.7. The summed E-state index contributed by atoms with van der Waals surface area (Å²) < 4.78 is 0. The number of nitrogens with one attached hydrogen (secondary N) is 1.